The molecule has 0 spiro atoms. The van der Waals surface area contributed by atoms with Gasteiger partial charge in [-0.2, -0.15) is 9.25 Å². The molecule has 0 bridgehead atoms. The zero-order chi connectivity index (χ0) is 9.99. The van der Waals surface area contributed by atoms with Gasteiger partial charge in [0.15, 0.2) is 0 Å². The van der Waals surface area contributed by atoms with E-state index in [1.165, 1.54) is 0 Å². The van der Waals surface area contributed by atoms with Crippen LogP contribution in [-0.2, 0) is 18.4 Å². The molecule has 0 aliphatic rings. The standard InChI is InChI=1S/ClH4NO8P2/c1-2(9-11(3,4)5)10-12(6,7)8/h(H2,3,4,5)(H2,6,7,8). The first-order valence-electron chi connectivity index (χ1n) is 2.06. The van der Waals surface area contributed by atoms with E-state index in [0.717, 1.165) is 0 Å². The zero-order valence-corrected chi connectivity index (χ0v) is 7.69. The van der Waals surface area contributed by atoms with E-state index in [9.17, 15) is 9.13 Å². The quantitative estimate of drug-likeness (QED) is 0.292. The van der Waals surface area contributed by atoms with E-state index in [1.54, 1.807) is 0 Å². The summed E-state index contributed by atoms with van der Waals surface area (Å²) in [5.74, 6) is 0. The fourth-order valence-corrected chi connectivity index (χ4v) is 1.12. The molecule has 12 heavy (non-hydrogen) atoms. The summed E-state index contributed by atoms with van der Waals surface area (Å²) < 4.78 is 26.0. The Balaban J connectivity index is 4.00. The van der Waals surface area contributed by atoms with Crippen molar-refractivity contribution >= 4 is 27.4 Å². The maximum Gasteiger partial charge on any atom is 0.489 e. The molecule has 0 unspecified atom stereocenters. The molecule has 0 saturated heterocycles. The summed E-state index contributed by atoms with van der Waals surface area (Å²) in [6, 6.07) is 0. The van der Waals surface area contributed by atoms with Gasteiger partial charge in [0.1, 0.15) is 0 Å². The maximum absolute atomic E-state index is 9.94. The summed E-state index contributed by atoms with van der Waals surface area (Å²) in [6.45, 7) is 0. The van der Waals surface area contributed by atoms with Gasteiger partial charge in [0.05, 0.1) is 4.75 Å². The highest BCUT2D eigenvalue weighted by atomic mass is 35.5. The molecule has 0 heterocycles. The highest BCUT2D eigenvalue weighted by Crippen LogP contribution is 2.43. The van der Waals surface area contributed by atoms with Crippen LogP contribution >= 0.6 is 27.4 Å². The number of rotatable bonds is 4. The predicted molar refractivity (Wildman–Crippen MR) is 34.0 cm³/mol. The third-order valence-electron chi connectivity index (χ3n) is 0.341. The first-order valence-corrected chi connectivity index (χ1v) is 5.46. The number of hydrogen-bond acceptors (Lipinski definition) is 5. The third kappa shape index (κ3) is 8.57. The Kier molecular flexibility index (Phi) is 4.28. The van der Waals surface area contributed by atoms with Crippen LogP contribution in [0.1, 0.15) is 0 Å². The van der Waals surface area contributed by atoms with Crippen LogP contribution in [-0.4, -0.2) is 24.3 Å². The predicted octanol–water partition coefficient (Wildman–Crippen LogP) is -0.509. The van der Waals surface area contributed by atoms with E-state index in [-0.39, 0.29) is 0 Å². The number of nitrogens with zero attached hydrogens (tertiary/aromatic N) is 1. The van der Waals surface area contributed by atoms with Gasteiger partial charge < -0.3 is 19.6 Å². The largest absolute Gasteiger partial charge is 0.489 e. The summed E-state index contributed by atoms with van der Waals surface area (Å²) in [5, 5.41) is 0. The van der Waals surface area contributed by atoms with E-state index in [0.29, 0.717) is 0 Å². The maximum atomic E-state index is 9.94. The second kappa shape index (κ2) is 4.12. The Labute approximate surface area is 71.0 Å². The Hall–Kier alpha value is 0.470. The first kappa shape index (κ1) is 12.5. The van der Waals surface area contributed by atoms with Crippen LogP contribution in [0.4, 0.5) is 0 Å². The highest BCUT2D eigenvalue weighted by Gasteiger charge is 2.26. The van der Waals surface area contributed by atoms with Crippen LogP contribution in [0, 0.1) is 0 Å². The highest BCUT2D eigenvalue weighted by molar-refractivity contribution is 7.47. The lowest BCUT2D eigenvalue weighted by Gasteiger charge is -2.12. The van der Waals surface area contributed by atoms with Gasteiger partial charge in [-0.3, -0.25) is 0 Å². The van der Waals surface area contributed by atoms with E-state index in [1.807, 2.05) is 0 Å². The molecule has 0 aromatic heterocycles. The van der Waals surface area contributed by atoms with Crippen molar-refractivity contribution in [3.8, 4) is 0 Å². The van der Waals surface area contributed by atoms with Gasteiger partial charge in [-0.25, -0.2) is 9.13 Å². The molecule has 0 fully saturated rings. The molecule has 74 valence electrons. The molecule has 0 aliphatic heterocycles. The second-order valence-corrected chi connectivity index (χ2v) is 3.92. The molecular weight excluding hydrogens is 239 g/mol. The average molecular weight is 243 g/mol. The monoisotopic (exact) mass is 243 g/mol. The van der Waals surface area contributed by atoms with E-state index < -0.39 is 20.4 Å². The molecule has 12 heteroatoms. The van der Waals surface area contributed by atoms with E-state index in [4.69, 9.17) is 19.6 Å². The van der Waals surface area contributed by atoms with Crippen LogP contribution in [0.15, 0.2) is 0 Å². The van der Waals surface area contributed by atoms with Gasteiger partial charge in [0.2, 0.25) is 0 Å². The molecule has 0 radical (unpaired) electrons. The van der Waals surface area contributed by atoms with Crippen LogP contribution in [0.25, 0.3) is 0 Å². The van der Waals surface area contributed by atoms with Crippen molar-refractivity contribution in [1.29, 1.82) is 0 Å². The number of halogens is 1. The fraction of sp³-hybridized carbons (Fsp3) is 0. The molecule has 0 aromatic carbocycles. The second-order valence-electron chi connectivity index (χ2n) is 1.36. The summed E-state index contributed by atoms with van der Waals surface area (Å²) in [5.41, 5.74) is 0. The van der Waals surface area contributed by atoms with Gasteiger partial charge in [-0.1, -0.05) is 0 Å². The molecule has 4 N–H and O–H groups in total. The Morgan fingerprint density at radius 3 is 1.42 bits per heavy atom. The Morgan fingerprint density at radius 1 is 1.00 bits per heavy atom. The van der Waals surface area contributed by atoms with E-state index >= 15 is 0 Å². The third-order valence-corrected chi connectivity index (χ3v) is 1.39. The molecule has 0 atom stereocenters. The average Bonchev–Trinajstić information content (AvgIpc) is 1.49. The molecule has 0 saturated carbocycles. The normalized spacial score (nSPS) is 13.8. The lowest BCUT2D eigenvalue weighted by atomic mass is 13.2. The molecule has 0 amide bonds. The van der Waals surface area contributed by atoms with Gasteiger partial charge in [0, 0.05) is 11.8 Å². The van der Waals surface area contributed by atoms with Crippen molar-refractivity contribution in [3.63, 3.8) is 0 Å². The summed E-state index contributed by atoms with van der Waals surface area (Å²) in [6.07, 6.45) is 0. The van der Waals surface area contributed by atoms with Gasteiger partial charge in [-0.15, -0.1) is 0 Å². The molecular formula is H4ClNO8P2. The lowest BCUT2D eigenvalue weighted by Crippen LogP contribution is -2.10. The minimum absolute atomic E-state index is 0.637. The van der Waals surface area contributed by atoms with Crippen molar-refractivity contribution in [2.24, 2.45) is 0 Å². The number of hydrogen-bond donors (Lipinski definition) is 4. The Bertz CT molecular complexity index is 201. The summed E-state index contributed by atoms with van der Waals surface area (Å²) in [7, 11) is -9.96. The fourth-order valence-electron chi connectivity index (χ4n) is 0.182. The van der Waals surface area contributed by atoms with Gasteiger partial charge >= 0.3 is 15.6 Å². The Morgan fingerprint density at radius 2 is 1.25 bits per heavy atom. The van der Waals surface area contributed by atoms with E-state index in [2.05, 4.69) is 21.0 Å². The summed E-state index contributed by atoms with van der Waals surface area (Å²) in [4.78, 5) is 32.1. The molecule has 0 aromatic rings. The molecule has 0 rings (SSSR count). The molecule has 0 aliphatic carbocycles. The van der Waals surface area contributed by atoms with Crippen LogP contribution in [0.3, 0.4) is 0 Å². The summed E-state index contributed by atoms with van der Waals surface area (Å²) >= 11 is 4.65. The zero-order valence-electron chi connectivity index (χ0n) is 5.14. The minimum Gasteiger partial charge on any atom is -0.302 e. The topological polar surface area (TPSA) is 137 Å². The van der Waals surface area contributed by atoms with Crippen LogP contribution < -0.4 is 0 Å². The van der Waals surface area contributed by atoms with Crippen molar-refractivity contribution < 1.29 is 38.0 Å². The van der Waals surface area contributed by atoms with Crippen molar-refractivity contribution in [1.82, 2.24) is 4.75 Å². The van der Waals surface area contributed by atoms with Gasteiger partial charge in [0.25, 0.3) is 0 Å². The van der Waals surface area contributed by atoms with Crippen LogP contribution in [0.2, 0.25) is 0 Å². The van der Waals surface area contributed by atoms with Crippen LogP contribution in [0.5, 0.6) is 0 Å². The van der Waals surface area contributed by atoms with Crippen molar-refractivity contribution in [3.05, 3.63) is 0 Å². The lowest BCUT2D eigenvalue weighted by molar-refractivity contribution is -0.198. The number of phosphoric acid groups is 2. The smallest absolute Gasteiger partial charge is 0.302 e. The molecule has 9 nitrogen and oxygen atoms in total. The first-order chi connectivity index (χ1) is 5.10. The SMILES string of the molecule is O=P(O)(O)ON(Cl)OP(=O)(O)O. The minimum atomic E-state index is -4.98. The van der Waals surface area contributed by atoms with Crippen molar-refractivity contribution in [2.75, 3.05) is 0 Å². The van der Waals surface area contributed by atoms with Crippen molar-refractivity contribution in [2.45, 2.75) is 0 Å². The van der Waals surface area contributed by atoms with Gasteiger partial charge in [-0.05, 0) is 0 Å².